The Morgan fingerprint density at radius 1 is 1.09 bits per heavy atom. The molecule has 0 aliphatic carbocycles. The van der Waals surface area contributed by atoms with Crippen LogP contribution in [0.1, 0.15) is 27.8 Å². The number of ether oxygens (including phenoxy) is 1. The zero-order valence-electron chi connectivity index (χ0n) is 12.3. The molecule has 0 spiro atoms. The minimum absolute atomic E-state index is 0.0713. The number of rotatable bonds is 4. The van der Waals surface area contributed by atoms with Crippen molar-refractivity contribution in [1.29, 1.82) is 0 Å². The molecule has 3 aromatic rings. The molecule has 5 heteroatoms. The molecular weight excluding hydrogens is 316 g/mol. The second kappa shape index (κ2) is 6.26. The highest BCUT2D eigenvalue weighted by Crippen LogP contribution is 2.20. The van der Waals surface area contributed by atoms with Crippen molar-refractivity contribution in [3.63, 3.8) is 0 Å². The quantitative estimate of drug-likeness (QED) is 0.522. The first kappa shape index (κ1) is 15.3. The van der Waals surface area contributed by atoms with Crippen molar-refractivity contribution in [1.82, 2.24) is 0 Å². The Hall–Kier alpha value is -2.59. The Kier molecular flexibility index (Phi) is 4.17. The number of carbonyl (C=O) groups excluding carboxylic acids is 2. The van der Waals surface area contributed by atoms with Gasteiger partial charge in [0.25, 0.3) is 0 Å². The van der Waals surface area contributed by atoms with Crippen molar-refractivity contribution in [2.75, 3.05) is 0 Å². The number of Topliss-reactive ketones (excluding diaryl/α,β-unsaturated/α-hetero) is 1. The smallest absolute Gasteiger partial charge is 0.374 e. The minimum atomic E-state index is -0.920. The van der Waals surface area contributed by atoms with Crippen molar-refractivity contribution in [3.05, 3.63) is 70.9 Å². The van der Waals surface area contributed by atoms with E-state index in [0.29, 0.717) is 16.2 Å². The Morgan fingerprint density at radius 2 is 1.78 bits per heavy atom. The summed E-state index contributed by atoms with van der Waals surface area (Å²) in [4.78, 5) is 24.4. The Balaban J connectivity index is 1.73. The Labute approximate surface area is 137 Å². The lowest BCUT2D eigenvalue weighted by Gasteiger charge is -2.11. The van der Waals surface area contributed by atoms with E-state index in [1.54, 1.807) is 36.4 Å². The van der Waals surface area contributed by atoms with Gasteiger partial charge in [-0.25, -0.2) is 4.79 Å². The molecule has 0 aliphatic heterocycles. The number of hydrogen-bond acceptors (Lipinski definition) is 4. The van der Waals surface area contributed by atoms with Gasteiger partial charge in [0, 0.05) is 16.0 Å². The molecule has 2 aromatic carbocycles. The number of hydrogen-bond donors (Lipinski definition) is 0. The van der Waals surface area contributed by atoms with Crippen molar-refractivity contribution < 1.29 is 18.7 Å². The molecule has 0 saturated heterocycles. The number of halogens is 1. The number of furan rings is 1. The Morgan fingerprint density at radius 3 is 2.48 bits per heavy atom. The molecule has 1 unspecified atom stereocenters. The van der Waals surface area contributed by atoms with E-state index in [4.69, 9.17) is 20.8 Å². The molecule has 0 saturated carbocycles. The van der Waals surface area contributed by atoms with Crippen molar-refractivity contribution in [2.24, 2.45) is 0 Å². The monoisotopic (exact) mass is 328 g/mol. The molecule has 0 N–H and O–H groups in total. The largest absolute Gasteiger partial charge is 0.449 e. The van der Waals surface area contributed by atoms with Crippen molar-refractivity contribution in [2.45, 2.75) is 13.0 Å². The average Bonchev–Trinajstić information content (AvgIpc) is 2.99. The van der Waals surface area contributed by atoms with E-state index in [1.165, 1.54) is 6.92 Å². The molecule has 4 nitrogen and oxygen atoms in total. The molecule has 3 rings (SSSR count). The van der Waals surface area contributed by atoms with Crippen LogP contribution in [-0.4, -0.2) is 17.9 Å². The van der Waals surface area contributed by atoms with Gasteiger partial charge in [0.15, 0.2) is 6.10 Å². The van der Waals surface area contributed by atoms with Crippen LogP contribution in [-0.2, 0) is 4.74 Å². The third kappa shape index (κ3) is 3.27. The number of esters is 1. The molecule has 0 amide bonds. The topological polar surface area (TPSA) is 56.5 Å². The Bertz CT molecular complexity index is 831. The average molecular weight is 329 g/mol. The minimum Gasteiger partial charge on any atom is -0.449 e. The van der Waals surface area contributed by atoms with Crippen LogP contribution >= 0.6 is 11.6 Å². The van der Waals surface area contributed by atoms with Crippen LogP contribution in [0.2, 0.25) is 5.02 Å². The van der Waals surface area contributed by atoms with Gasteiger partial charge >= 0.3 is 5.97 Å². The summed E-state index contributed by atoms with van der Waals surface area (Å²) in [5.41, 5.74) is 1.02. The lowest BCUT2D eigenvalue weighted by Crippen LogP contribution is -2.24. The summed E-state index contributed by atoms with van der Waals surface area (Å²) in [5.74, 6) is -0.899. The van der Waals surface area contributed by atoms with Gasteiger partial charge in [0.2, 0.25) is 11.5 Å². The van der Waals surface area contributed by atoms with E-state index in [-0.39, 0.29) is 11.5 Å². The third-order valence-electron chi connectivity index (χ3n) is 3.41. The molecule has 1 atom stereocenters. The van der Waals surface area contributed by atoms with Crippen molar-refractivity contribution in [3.8, 4) is 0 Å². The van der Waals surface area contributed by atoms with Crippen molar-refractivity contribution >= 4 is 34.3 Å². The number of fused-ring (bicyclic) bond motifs is 1. The standard InChI is InChI=1S/C18H13ClO4/c1-11(17(20)12-6-8-14(19)9-7-12)22-18(21)16-10-13-4-2-3-5-15(13)23-16/h2-11H,1H3. The van der Waals surface area contributed by atoms with Gasteiger partial charge in [0.05, 0.1) is 0 Å². The van der Waals surface area contributed by atoms with Gasteiger partial charge in [-0.3, -0.25) is 4.79 Å². The van der Waals surface area contributed by atoms with Gasteiger partial charge < -0.3 is 9.15 Å². The highest BCUT2D eigenvalue weighted by atomic mass is 35.5. The SMILES string of the molecule is CC(OC(=O)c1cc2ccccc2o1)C(=O)c1ccc(Cl)cc1. The maximum absolute atomic E-state index is 12.2. The summed E-state index contributed by atoms with van der Waals surface area (Å²) >= 11 is 5.79. The summed E-state index contributed by atoms with van der Waals surface area (Å²) < 4.78 is 10.6. The van der Waals surface area contributed by atoms with Crippen LogP contribution in [0.25, 0.3) is 11.0 Å². The highest BCUT2D eigenvalue weighted by Gasteiger charge is 2.22. The molecule has 1 aromatic heterocycles. The maximum atomic E-state index is 12.2. The number of benzene rings is 2. The summed E-state index contributed by atoms with van der Waals surface area (Å²) in [7, 11) is 0. The van der Waals surface area contributed by atoms with Crippen LogP contribution in [0.15, 0.2) is 59.0 Å². The van der Waals surface area contributed by atoms with E-state index in [9.17, 15) is 9.59 Å². The summed E-state index contributed by atoms with van der Waals surface area (Å²) in [6.45, 7) is 1.53. The zero-order valence-corrected chi connectivity index (χ0v) is 13.0. The fourth-order valence-electron chi connectivity index (χ4n) is 2.20. The van der Waals surface area contributed by atoms with Crippen LogP contribution < -0.4 is 0 Å². The van der Waals surface area contributed by atoms with Gasteiger partial charge in [-0.05, 0) is 43.3 Å². The molecule has 0 aliphatic rings. The van der Waals surface area contributed by atoms with Gasteiger partial charge in [-0.15, -0.1) is 0 Å². The third-order valence-corrected chi connectivity index (χ3v) is 3.66. The van der Waals surface area contributed by atoms with Crippen LogP contribution in [0.5, 0.6) is 0 Å². The van der Waals surface area contributed by atoms with Crippen LogP contribution in [0.4, 0.5) is 0 Å². The number of carbonyl (C=O) groups is 2. The van der Waals surface area contributed by atoms with Gasteiger partial charge in [-0.2, -0.15) is 0 Å². The summed E-state index contributed by atoms with van der Waals surface area (Å²) in [5, 5.41) is 1.34. The molecule has 0 radical (unpaired) electrons. The highest BCUT2D eigenvalue weighted by molar-refractivity contribution is 6.30. The molecule has 23 heavy (non-hydrogen) atoms. The molecule has 116 valence electrons. The van der Waals surface area contributed by atoms with E-state index >= 15 is 0 Å². The normalized spacial score (nSPS) is 12.1. The molecular formula is C18H13ClO4. The first-order chi connectivity index (χ1) is 11.0. The van der Waals surface area contributed by atoms with E-state index in [1.807, 2.05) is 18.2 Å². The fourth-order valence-corrected chi connectivity index (χ4v) is 2.33. The fraction of sp³-hybridized carbons (Fsp3) is 0.111. The zero-order chi connectivity index (χ0) is 16.4. The van der Waals surface area contributed by atoms with Gasteiger partial charge in [0.1, 0.15) is 5.58 Å². The van der Waals surface area contributed by atoms with Crippen LogP contribution in [0.3, 0.4) is 0 Å². The first-order valence-corrected chi connectivity index (χ1v) is 7.42. The van der Waals surface area contributed by atoms with Crippen LogP contribution in [0, 0.1) is 0 Å². The van der Waals surface area contributed by atoms with E-state index < -0.39 is 12.1 Å². The predicted octanol–water partition coefficient (Wildman–Crippen LogP) is 4.51. The van der Waals surface area contributed by atoms with E-state index in [0.717, 1.165) is 5.39 Å². The summed E-state index contributed by atoms with van der Waals surface area (Å²) in [6.07, 6.45) is -0.920. The second-order valence-corrected chi connectivity index (χ2v) is 5.50. The predicted molar refractivity (Wildman–Crippen MR) is 86.9 cm³/mol. The van der Waals surface area contributed by atoms with Gasteiger partial charge in [-0.1, -0.05) is 29.8 Å². The lowest BCUT2D eigenvalue weighted by molar-refractivity contribution is 0.0291. The summed E-state index contributed by atoms with van der Waals surface area (Å²) in [6, 6.07) is 15.3. The van der Waals surface area contributed by atoms with E-state index in [2.05, 4.69) is 0 Å². The second-order valence-electron chi connectivity index (χ2n) is 5.07. The molecule has 0 bridgehead atoms. The maximum Gasteiger partial charge on any atom is 0.374 e. The first-order valence-electron chi connectivity index (χ1n) is 7.04. The number of ketones is 1. The molecule has 1 heterocycles. The lowest BCUT2D eigenvalue weighted by atomic mass is 10.1. The molecule has 0 fully saturated rings. The number of para-hydroxylation sites is 1.